The number of nitrogens with zero attached hydrogens (tertiary/aromatic N) is 5. The third kappa shape index (κ3) is 1.95. The average molecular weight is 255 g/mol. The van der Waals surface area contributed by atoms with Gasteiger partial charge in [0, 0.05) is 17.7 Å². The first-order valence-electron chi connectivity index (χ1n) is 6.39. The second-order valence-electron chi connectivity index (χ2n) is 5.62. The zero-order chi connectivity index (χ0) is 13.6. The van der Waals surface area contributed by atoms with E-state index >= 15 is 0 Å². The van der Waals surface area contributed by atoms with Gasteiger partial charge >= 0.3 is 0 Å². The normalized spacial score (nSPS) is 16.5. The van der Waals surface area contributed by atoms with E-state index in [0.717, 1.165) is 29.4 Å². The summed E-state index contributed by atoms with van der Waals surface area (Å²) in [6, 6.07) is 4.13. The van der Waals surface area contributed by atoms with Crippen molar-refractivity contribution in [2.24, 2.45) is 0 Å². The first kappa shape index (κ1) is 12.0. The highest BCUT2D eigenvalue weighted by Crippen LogP contribution is 2.41. The van der Waals surface area contributed by atoms with Gasteiger partial charge in [-0.1, -0.05) is 13.8 Å². The third-order valence-electron chi connectivity index (χ3n) is 3.42. The number of fused-ring (bicyclic) bond motifs is 1. The lowest BCUT2D eigenvalue weighted by molar-refractivity contribution is 0.549. The Morgan fingerprint density at radius 2 is 1.89 bits per heavy atom. The Bertz CT molecular complexity index is 635. The van der Waals surface area contributed by atoms with Gasteiger partial charge in [-0.15, -0.1) is 0 Å². The van der Waals surface area contributed by atoms with Crippen LogP contribution in [0.1, 0.15) is 31.1 Å². The van der Waals surface area contributed by atoms with Crippen LogP contribution in [0.15, 0.2) is 18.5 Å². The molecule has 0 spiro atoms. The third-order valence-corrected chi connectivity index (χ3v) is 3.42. The molecule has 0 saturated heterocycles. The Hall–Kier alpha value is -2.04. The molecule has 0 aliphatic carbocycles. The van der Waals surface area contributed by atoms with Crippen LogP contribution in [0, 0.1) is 13.8 Å². The minimum Gasteiger partial charge on any atom is -0.308 e. The Morgan fingerprint density at radius 3 is 2.63 bits per heavy atom. The number of hydrogen-bond acceptors (Lipinski definition) is 5. The molecule has 0 atom stereocenters. The molecule has 0 saturated carbocycles. The maximum Gasteiger partial charge on any atom is 0.233 e. The summed E-state index contributed by atoms with van der Waals surface area (Å²) in [5.41, 5.74) is 3.26. The number of pyridine rings is 1. The molecule has 0 bridgehead atoms. The molecular formula is C14H17N5. The summed E-state index contributed by atoms with van der Waals surface area (Å²) in [6.07, 6.45) is 1.56. The molecule has 1 aliphatic heterocycles. The number of anilines is 2. The summed E-state index contributed by atoms with van der Waals surface area (Å²) in [6.45, 7) is 9.13. The van der Waals surface area contributed by atoms with Crippen LogP contribution in [0.2, 0.25) is 0 Å². The molecule has 0 amide bonds. The van der Waals surface area contributed by atoms with Gasteiger partial charge < -0.3 is 4.90 Å². The van der Waals surface area contributed by atoms with Crippen molar-refractivity contribution in [3.8, 4) is 0 Å². The smallest absolute Gasteiger partial charge is 0.233 e. The second kappa shape index (κ2) is 3.98. The fourth-order valence-electron chi connectivity index (χ4n) is 2.50. The maximum absolute atomic E-state index is 4.69. The molecule has 0 fully saturated rings. The van der Waals surface area contributed by atoms with Crippen molar-refractivity contribution in [3.05, 3.63) is 35.7 Å². The molecule has 98 valence electrons. The molecule has 2 aromatic rings. The fourth-order valence-corrected chi connectivity index (χ4v) is 2.50. The lowest BCUT2D eigenvalue weighted by Crippen LogP contribution is -2.26. The lowest BCUT2D eigenvalue weighted by atomic mass is 9.91. The Labute approximate surface area is 112 Å². The monoisotopic (exact) mass is 255 g/mol. The molecule has 19 heavy (non-hydrogen) atoms. The quantitative estimate of drug-likeness (QED) is 0.782. The van der Waals surface area contributed by atoms with Crippen LogP contribution in [0.25, 0.3) is 0 Å². The molecule has 3 rings (SSSR count). The van der Waals surface area contributed by atoms with Crippen molar-refractivity contribution in [3.63, 3.8) is 0 Å². The summed E-state index contributed by atoms with van der Waals surface area (Å²) in [4.78, 5) is 19.6. The van der Waals surface area contributed by atoms with Crippen LogP contribution in [0.3, 0.4) is 0 Å². The van der Waals surface area contributed by atoms with E-state index in [1.54, 1.807) is 6.33 Å². The van der Waals surface area contributed by atoms with Crippen molar-refractivity contribution in [2.75, 3.05) is 11.4 Å². The molecule has 0 N–H and O–H groups in total. The number of aromatic nitrogens is 4. The van der Waals surface area contributed by atoms with Crippen LogP contribution in [-0.2, 0) is 5.41 Å². The lowest BCUT2D eigenvalue weighted by Gasteiger charge is -2.19. The Morgan fingerprint density at radius 1 is 1.11 bits per heavy atom. The number of rotatable bonds is 1. The van der Waals surface area contributed by atoms with Crippen LogP contribution >= 0.6 is 0 Å². The summed E-state index contributed by atoms with van der Waals surface area (Å²) < 4.78 is 0. The van der Waals surface area contributed by atoms with Crippen molar-refractivity contribution in [1.82, 2.24) is 19.9 Å². The predicted molar refractivity (Wildman–Crippen MR) is 73.6 cm³/mol. The standard InChI is InChI=1S/C14H17N5/c1-9-5-6-11-12(17-9)14(3,4)7-19(11)13-16-8-15-10(2)18-13/h5-6,8H,7H2,1-4H3. The van der Waals surface area contributed by atoms with Crippen molar-refractivity contribution < 1.29 is 0 Å². The van der Waals surface area contributed by atoms with Gasteiger partial charge in [0.15, 0.2) is 0 Å². The Balaban J connectivity index is 2.13. The molecule has 5 nitrogen and oxygen atoms in total. The number of aryl methyl sites for hydroxylation is 2. The molecule has 0 aromatic carbocycles. The van der Waals surface area contributed by atoms with E-state index in [2.05, 4.69) is 39.8 Å². The summed E-state index contributed by atoms with van der Waals surface area (Å²) in [5.74, 6) is 1.43. The van der Waals surface area contributed by atoms with Crippen LogP contribution in [0.5, 0.6) is 0 Å². The predicted octanol–water partition coefficient (Wildman–Crippen LogP) is 2.31. The van der Waals surface area contributed by atoms with Crippen LogP contribution < -0.4 is 4.90 Å². The van der Waals surface area contributed by atoms with Crippen molar-refractivity contribution >= 4 is 11.6 Å². The van der Waals surface area contributed by atoms with Crippen molar-refractivity contribution in [2.45, 2.75) is 33.1 Å². The highest BCUT2D eigenvalue weighted by molar-refractivity contribution is 5.66. The minimum atomic E-state index is 0.00187. The van der Waals surface area contributed by atoms with Crippen LogP contribution in [0.4, 0.5) is 11.6 Å². The zero-order valence-corrected chi connectivity index (χ0v) is 11.7. The summed E-state index contributed by atoms with van der Waals surface area (Å²) in [5, 5.41) is 0. The molecule has 3 heterocycles. The molecule has 0 unspecified atom stereocenters. The molecule has 0 radical (unpaired) electrons. The van der Waals surface area contributed by atoms with E-state index in [1.807, 2.05) is 19.9 Å². The topological polar surface area (TPSA) is 54.8 Å². The van der Waals surface area contributed by atoms with E-state index in [1.165, 1.54) is 0 Å². The van der Waals surface area contributed by atoms with Gasteiger partial charge in [-0.05, 0) is 26.0 Å². The first-order valence-corrected chi connectivity index (χ1v) is 6.39. The fraction of sp³-hybridized carbons (Fsp3) is 0.429. The number of hydrogen-bond donors (Lipinski definition) is 0. The van der Waals surface area contributed by atoms with Gasteiger partial charge in [0.05, 0.1) is 11.4 Å². The van der Waals surface area contributed by atoms with Gasteiger partial charge in [0.1, 0.15) is 12.2 Å². The largest absolute Gasteiger partial charge is 0.308 e. The molecule has 5 heteroatoms. The molecular weight excluding hydrogens is 238 g/mol. The minimum absolute atomic E-state index is 0.00187. The van der Waals surface area contributed by atoms with Crippen molar-refractivity contribution in [1.29, 1.82) is 0 Å². The first-order chi connectivity index (χ1) is 8.97. The van der Waals surface area contributed by atoms with E-state index in [-0.39, 0.29) is 5.41 Å². The SMILES string of the molecule is Cc1ccc2c(n1)C(C)(C)CN2c1ncnc(C)n1. The highest BCUT2D eigenvalue weighted by atomic mass is 15.3. The van der Waals surface area contributed by atoms with E-state index in [4.69, 9.17) is 4.98 Å². The average Bonchev–Trinajstić information content (AvgIpc) is 2.61. The Kier molecular flexibility index (Phi) is 2.52. The maximum atomic E-state index is 4.69. The second-order valence-corrected chi connectivity index (χ2v) is 5.62. The molecule has 1 aliphatic rings. The van der Waals surface area contributed by atoms with Crippen LogP contribution in [-0.4, -0.2) is 26.5 Å². The van der Waals surface area contributed by atoms with Gasteiger partial charge in [0.2, 0.25) is 5.95 Å². The van der Waals surface area contributed by atoms with Gasteiger partial charge in [0.25, 0.3) is 0 Å². The van der Waals surface area contributed by atoms with E-state index in [0.29, 0.717) is 5.95 Å². The zero-order valence-electron chi connectivity index (χ0n) is 11.7. The summed E-state index contributed by atoms with van der Waals surface area (Å²) in [7, 11) is 0. The van der Waals surface area contributed by atoms with Gasteiger partial charge in [-0.3, -0.25) is 4.98 Å². The van der Waals surface area contributed by atoms with E-state index < -0.39 is 0 Å². The van der Waals surface area contributed by atoms with Gasteiger partial charge in [-0.25, -0.2) is 9.97 Å². The highest BCUT2D eigenvalue weighted by Gasteiger charge is 2.38. The van der Waals surface area contributed by atoms with E-state index in [9.17, 15) is 0 Å². The molecule has 2 aromatic heterocycles. The van der Waals surface area contributed by atoms with Gasteiger partial charge in [-0.2, -0.15) is 4.98 Å². The summed E-state index contributed by atoms with van der Waals surface area (Å²) >= 11 is 0.